The molecule has 0 aromatic heterocycles. The molecule has 1 heterocycles. The molecule has 2 aromatic carbocycles. The van der Waals surface area contributed by atoms with E-state index in [9.17, 15) is 0 Å². The van der Waals surface area contributed by atoms with Crippen LogP contribution in [0.3, 0.4) is 0 Å². The number of hydrogen-bond donors (Lipinski definition) is 4. The predicted molar refractivity (Wildman–Crippen MR) is 127 cm³/mol. The number of amidine groups is 1. The Balaban J connectivity index is 1.93. The summed E-state index contributed by atoms with van der Waals surface area (Å²) in [5.74, 6) is 7.44. The molecule has 0 amide bonds. The Morgan fingerprint density at radius 3 is 2.77 bits per heavy atom. The zero-order chi connectivity index (χ0) is 22.3. The van der Waals surface area contributed by atoms with Crippen molar-refractivity contribution in [1.82, 2.24) is 10.9 Å². The third-order valence-corrected chi connectivity index (χ3v) is 5.68. The van der Waals surface area contributed by atoms with Crippen LogP contribution in [0, 0.1) is 0 Å². The van der Waals surface area contributed by atoms with Crippen LogP contribution in [0.5, 0.6) is 0 Å². The van der Waals surface area contributed by atoms with Gasteiger partial charge >= 0.3 is 0 Å². The molecule has 0 spiro atoms. The quantitative estimate of drug-likeness (QED) is 0.143. The minimum atomic E-state index is -0.480. The maximum absolute atomic E-state index is 8.57. The number of anilines is 2. The SMILES string of the molecule is CCCC1(CC)C(NNCc2cccc(Cl)c2)=Nc2c(NCN=[N+]=[N-])cccc2N1N. The molecule has 164 valence electrons. The van der Waals surface area contributed by atoms with E-state index in [1.807, 2.05) is 42.5 Å². The van der Waals surface area contributed by atoms with Crippen LogP contribution in [0.4, 0.5) is 17.1 Å². The molecule has 2 aromatic rings. The molecule has 0 fully saturated rings. The Bertz CT molecular complexity index is 987. The predicted octanol–water partition coefficient (Wildman–Crippen LogP) is 4.99. The van der Waals surface area contributed by atoms with Crippen molar-refractivity contribution in [3.63, 3.8) is 0 Å². The van der Waals surface area contributed by atoms with Gasteiger partial charge in [-0.3, -0.25) is 5.01 Å². The van der Waals surface area contributed by atoms with E-state index in [0.29, 0.717) is 17.3 Å². The van der Waals surface area contributed by atoms with Crippen LogP contribution in [-0.2, 0) is 6.54 Å². The van der Waals surface area contributed by atoms with Gasteiger partial charge in [0.05, 0.1) is 18.0 Å². The van der Waals surface area contributed by atoms with Gasteiger partial charge in [-0.25, -0.2) is 16.3 Å². The van der Waals surface area contributed by atoms with Crippen molar-refractivity contribution in [2.24, 2.45) is 15.9 Å². The molecule has 0 aliphatic carbocycles. The van der Waals surface area contributed by atoms with E-state index in [1.165, 1.54) is 0 Å². The zero-order valence-electron chi connectivity index (χ0n) is 17.8. The van der Waals surface area contributed by atoms with Crippen LogP contribution in [0.15, 0.2) is 52.6 Å². The van der Waals surface area contributed by atoms with Crippen LogP contribution in [0.25, 0.3) is 10.4 Å². The summed E-state index contributed by atoms with van der Waals surface area (Å²) in [4.78, 5) is 7.75. The fourth-order valence-electron chi connectivity index (χ4n) is 3.89. The second-order valence-corrected chi connectivity index (χ2v) is 7.75. The summed E-state index contributed by atoms with van der Waals surface area (Å²) < 4.78 is 0. The number of aliphatic imine (C=N–C) groups is 1. The molecule has 31 heavy (non-hydrogen) atoms. The lowest BCUT2D eigenvalue weighted by Gasteiger charge is -2.46. The summed E-state index contributed by atoms with van der Waals surface area (Å²) in [5.41, 5.74) is 18.0. The molecule has 5 N–H and O–H groups in total. The first-order valence-corrected chi connectivity index (χ1v) is 10.7. The number of fused-ring (bicyclic) bond motifs is 1. The van der Waals surface area contributed by atoms with Crippen molar-refractivity contribution < 1.29 is 0 Å². The number of nitrogens with zero attached hydrogens (tertiary/aromatic N) is 5. The van der Waals surface area contributed by atoms with Gasteiger partial charge in [0.2, 0.25) is 0 Å². The second-order valence-electron chi connectivity index (χ2n) is 7.31. The Morgan fingerprint density at radius 2 is 2.06 bits per heavy atom. The van der Waals surface area contributed by atoms with Gasteiger partial charge in [-0.1, -0.05) is 55.2 Å². The Morgan fingerprint density at radius 1 is 1.26 bits per heavy atom. The smallest absolute Gasteiger partial charge is 0.144 e. The number of nitrogens with two attached hydrogens (primary N) is 1. The molecule has 1 aliphatic heterocycles. The van der Waals surface area contributed by atoms with Crippen molar-refractivity contribution in [2.75, 3.05) is 17.0 Å². The highest BCUT2D eigenvalue weighted by Crippen LogP contribution is 2.44. The van der Waals surface area contributed by atoms with Gasteiger partial charge in [-0.05, 0) is 48.2 Å². The average Bonchev–Trinajstić information content (AvgIpc) is 2.77. The summed E-state index contributed by atoms with van der Waals surface area (Å²) in [6, 6.07) is 13.4. The summed E-state index contributed by atoms with van der Waals surface area (Å²) in [7, 11) is 0. The van der Waals surface area contributed by atoms with E-state index in [2.05, 4.69) is 40.0 Å². The monoisotopic (exact) mass is 441 g/mol. The molecule has 0 bridgehead atoms. The molecule has 0 saturated heterocycles. The molecule has 1 aliphatic rings. The van der Waals surface area contributed by atoms with Gasteiger partial charge in [0.25, 0.3) is 0 Å². The fraction of sp³-hybridized carbons (Fsp3) is 0.381. The second kappa shape index (κ2) is 10.4. The fourth-order valence-corrected chi connectivity index (χ4v) is 4.10. The van der Waals surface area contributed by atoms with Crippen LogP contribution < -0.4 is 27.0 Å². The molecule has 1 unspecified atom stereocenters. The zero-order valence-corrected chi connectivity index (χ0v) is 18.5. The van der Waals surface area contributed by atoms with Crippen molar-refractivity contribution in [3.05, 3.63) is 63.5 Å². The lowest BCUT2D eigenvalue weighted by Crippen LogP contribution is -2.64. The van der Waals surface area contributed by atoms with E-state index >= 15 is 0 Å². The number of rotatable bonds is 9. The van der Waals surface area contributed by atoms with Crippen LogP contribution >= 0.6 is 11.6 Å². The van der Waals surface area contributed by atoms with E-state index < -0.39 is 5.54 Å². The lowest BCUT2D eigenvalue weighted by atomic mass is 9.86. The summed E-state index contributed by atoms with van der Waals surface area (Å²) >= 11 is 6.09. The number of hydrazine groups is 2. The largest absolute Gasteiger partial charge is 0.377 e. The molecule has 0 saturated carbocycles. The van der Waals surface area contributed by atoms with Crippen molar-refractivity contribution in [2.45, 2.75) is 45.2 Å². The topological polar surface area (TPSA) is 126 Å². The maximum Gasteiger partial charge on any atom is 0.144 e. The van der Waals surface area contributed by atoms with Gasteiger partial charge in [0, 0.05) is 16.5 Å². The van der Waals surface area contributed by atoms with E-state index in [1.54, 1.807) is 5.01 Å². The summed E-state index contributed by atoms with van der Waals surface area (Å²) in [5, 5.41) is 9.17. The minimum Gasteiger partial charge on any atom is -0.377 e. The Hall–Kier alpha value is -2.97. The van der Waals surface area contributed by atoms with Gasteiger partial charge in [0.15, 0.2) is 0 Å². The number of hydrogen-bond acceptors (Lipinski definition) is 7. The standard InChI is InChI=1S/C21H28ClN9/c1-3-11-21(4-2)20(29-26-13-15-7-5-8-16(22)12-15)28-19-17(25-14-27-30-23)9-6-10-18(19)31(21)24/h5-10,12,25-26H,3-4,11,13-14,24H2,1-2H3,(H,28,29). The lowest BCUT2D eigenvalue weighted by molar-refractivity contribution is 0.429. The van der Waals surface area contributed by atoms with E-state index in [4.69, 9.17) is 28.0 Å². The molecule has 0 radical (unpaired) electrons. The van der Waals surface area contributed by atoms with E-state index in [-0.39, 0.29) is 6.67 Å². The molecule has 9 nitrogen and oxygen atoms in total. The highest BCUT2D eigenvalue weighted by Gasteiger charge is 2.43. The Labute approximate surface area is 187 Å². The summed E-state index contributed by atoms with van der Waals surface area (Å²) in [6.07, 6.45) is 2.55. The number of nitrogens with one attached hydrogen (secondary N) is 3. The highest BCUT2D eigenvalue weighted by atomic mass is 35.5. The molecular formula is C21H28ClN9. The number of para-hydroxylation sites is 1. The first-order valence-electron chi connectivity index (χ1n) is 10.3. The molecule has 1 atom stereocenters. The number of azide groups is 1. The first kappa shape index (κ1) is 22.7. The van der Waals surface area contributed by atoms with Gasteiger partial charge in [-0.2, -0.15) is 0 Å². The molecular weight excluding hydrogens is 414 g/mol. The highest BCUT2D eigenvalue weighted by molar-refractivity contribution is 6.30. The van der Waals surface area contributed by atoms with Crippen LogP contribution in [0.1, 0.15) is 38.7 Å². The van der Waals surface area contributed by atoms with Gasteiger partial charge in [0.1, 0.15) is 17.1 Å². The maximum atomic E-state index is 8.57. The third kappa shape index (κ3) is 4.86. The normalized spacial score (nSPS) is 17.4. The minimum absolute atomic E-state index is 0.122. The van der Waals surface area contributed by atoms with Crippen molar-refractivity contribution in [3.8, 4) is 0 Å². The van der Waals surface area contributed by atoms with Crippen LogP contribution in [0.2, 0.25) is 5.02 Å². The molecule has 10 heteroatoms. The summed E-state index contributed by atoms with van der Waals surface area (Å²) in [6.45, 7) is 4.94. The van der Waals surface area contributed by atoms with Crippen molar-refractivity contribution in [1.29, 1.82) is 0 Å². The number of halogens is 1. The van der Waals surface area contributed by atoms with E-state index in [0.717, 1.165) is 42.0 Å². The first-order chi connectivity index (χ1) is 15.1. The average molecular weight is 442 g/mol. The Kier molecular flexibility index (Phi) is 7.59. The third-order valence-electron chi connectivity index (χ3n) is 5.44. The van der Waals surface area contributed by atoms with Gasteiger partial charge < -0.3 is 10.7 Å². The number of benzene rings is 2. The molecule has 3 rings (SSSR count). The van der Waals surface area contributed by atoms with Crippen LogP contribution in [-0.4, -0.2) is 18.0 Å². The van der Waals surface area contributed by atoms with Gasteiger partial charge in [-0.15, -0.1) is 0 Å². The van der Waals surface area contributed by atoms with Crippen molar-refractivity contribution >= 4 is 34.5 Å².